The van der Waals surface area contributed by atoms with E-state index in [9.17, 15) is 5.11 Å². The molecule has 0 aliphatic rings. The van der Waals surface area contributed by atoms with Crippen LogP contribution < -0.4 is 14.8 Å². The molecule has 1 heterocycles. The maximum Gasteiger partial charge on any atom is 0.162 e. The molecule has 0 unspecified atom stereocenters. The number of aromatic hydroxyl groups is 1. The van der Waals surface area contributed by atoms with E-state index < -0.39 is 0 Å². The van der Waals surface area contributed by atoms with Crippen LogP contribution in [0.4, 0.5) is 11.5 Å². The highest BCUT2D eigenvalue weighted by Gasteiger charge is 2.12. The summed E-state index contributed by atoms with van der Waals surface area (Å²) in [5.74, 6) is 1.73. The molecule has 0 amide bonds. The Morgan fingerprint density at radius 3 is 2.52 bits per heavy atom. The molecule has 2 aromatic carbocycles. The minimum absolute atomic E-state index is 0.0710. The summed E-state index contributed by atoms with van der Waals surface area (Å²) >= 11 is 5.97. The number of benzene rings is 2. The molecule has 0 atom stereocenters. The van der Waals surface area contributed by atoms with Crippen LogP contribution in [0.25, 0.3) is 10.9 Å². The normalized spacial score (nSPS) is 10.6. The van der Waals surface area contributed by atoms with Crippen molar-refractivity contribution >= 4 is 34.0 Å². The number of methoxy groups -OCH3 is 2. The summed E-state index contributed by atoms with van der Waals surface area (Å²) in [4.78, 5) is 8.46. The van der Waals surface area contributed by atoms with Gasteiger partial charge in [0.25, 0.3) is 0 Å². The third-order valence-corrected chi connectivity index (χ3v) is 3.59. The molecule has 2 N–H and O–H groups in total. The van der Waals surface area contributed by atoms with E-state index in [-0.39, 0.29) is 5.75 Å². The van der Waals surface area contributed by atoms with Gasteiger partial charge >= 0.3 is 0 Å². The Hall–Kier alpha value is -2.73. The van der Waals surface area contributed by atoms with Crippen molar-refractivity contribution in [1.82, 2.24) is 9.97 Å². The molecular formula is C16H14ClN3O3. The summed E-state index contributed by atoms with van der Waals surface area (Å²) < 4.78 is 10.6. The van der Waals surface area contributed by atoms with E-state index >= 15 is 0 Å². The van der Waals surface area contributed by atoms with Crippen LogP contribution in [0.3, 0.4) is 0 Å². The number of aromatic nitrogens is 2. The van der Waals surface area contributed by atoms with Gasteiger partial charge in [-0.3, -0.25) is 0 Å². The second-order valence-electron chi connectivity index (χ2n) is 4.73. The quantitative estimate of drug-likeness (QED) is 0.709. The molecule has 0 radical (unpaired) electrons. The molecule has 3 aromatic rings. The number of phenolic OH excluding ortho intramolecular Hbond substituents is 1. The Morgan fingerprint density at radius 2 is 1.78 bits per heavy atom. The van der Waals surface area contributed by atoms with Crippen molar-refractivity contribution in [3.05, 3.63) is 41.7 Å². The highest BCUT2D eigenvalue weighted by Crippen LogP contribution is 2.36. The number of fused-ring (bicyclic) bond motifs is 1. The summed E-state index contributed by atoms with van der Waals surface area (Å²) in [5.41, 5.74) is 1.13. The van der Waals surface area contributed by atoms with E-state index in [0.717, 1.165) is 5.39 Å². The summed E-state index contributed by atoms with van der Waals surface area (Å²) in [6, 6.07) is 8.27. The number of nitrogens with zero attached hydrogens (tertiary/aromatic N) is 2. The molecule has 7 heteroatoms. The maximum absolute atomic E-state index is 9.94. The minimum Gasteiger partial charge on any atom is -0.506 e. The molecule has 0 aliphatic carbocycles. The lowest BCUT2D eigenvalue weighted by Crippen LogP contribution is -1.98. The number of hydrogen-bond donors (Lipinski definition) is 2. The standard InChI is InChI=1S/C16H14ClN3O3/c1-22-14-6-10-11(7-15(14)23-2)18-8-19-16(10)20-12-5-9(17)3-4-13(12)21/h3-8,21H,1-2H3,(H,18,19,20). The van der Waals surface area contributed by atoms with E-state index in [1.54, 1.807) is 38.5 Å². The van der Waals surface area contributed by atoms with Gasteiger partial charge in [0.2, 0.25) is 0 Å². The van der Waals surface area contributed by atoms with Gasteiger partial charge in [0.1, 0.15) is 17.9 Å². The number of halogens is 1. The first-order chi connectivity index (χ1) is 11.1. The molecule has 23 heavy (non-hydrogen) atoms. The van der Waals surface area contributed by atoms with Gasteiger partial charge in [0, 0.05) is 16.5 Å². The van der Waals surface area contributed by atoms with Gasteiger partial charge < -0.3 is 19.9 Å². The minimum atomic E-state index is 0.0710. The average Bonchev–Trinajstić information content (AvgIpc) is 2.57. The third kappa shape index (κ3) is 2.93. The first-order valence-corrected chi connectivity index (χ1v) is 7.12. The second-order valence-corrected chi connectivity index (χ2v) is 5.17. The fourth-order valence-corrected chi connectivity index (χ4v) is 2.39. The van der Waals surface area contributed by atoms with E-state index in [1.807, 2.05) is 0 Å². The van der Waals surface area contributed by atoms with Crippen molar-refractivity contribution in [2.45, 2.75) is 0 Å². The predicted octanol–water partition coefficient (Wildman–Crippen LogP) is 3.75. The first kappa shape index (κ1) is 15.2. The van der Waals surface area contributed by atoms with Crippen molar-refractivity contribution < 1.29 is 14.6 Å². The van der Waals surface area contributed by atoms with Crippen LogP contribution in [-0.2, 0) is 0 Å². The van der Waals surface area contributed by atoms with Gasteiger partial charge in [-0.25, -0.2) is 9.97 Å². The highest BCUT2D eigenvalue weighted by molar-refractivity contribution is 6.31. The summed E-state index contributed by atoms with van der Waals surface area (Å²) in [6.07, 6.45) is 1.43. The van der Waals surface area contributed by atoms with E-state index in [0.29, 0.717) is 33.5 Å². The Kier molecular flexibility index (Phi) is 4.08. The zero-order valence-corrected chi connectivity index (χ0v) is 13.3. The van der Waals surface area contributed by atoms with Gasteiger partial charge in [-0.1, -0.05) is 11.6 Å². The predicted molar refractivity (Wildman–Crippen MR) is 89.0 cm³/mol. The van der Waals surface area contributed by atoms with Crippen LogP contribution in [0.2, 0.25) is 5.02 Å². The molecule has 0 bridgehead atoms. The topological polar surface area (TPSA) is 76.5 Å². The molecule has 0 spiro atoms. The largest absolute Gasteiger partial charge is 0.506 e. The first-order valence-electron chi connectivity index (χ1n) is 6.74. The molecule has 0 saturated heterocycles. The lowest BCUT2D eigenvalue weighted by atomic mass is 10.2. The van der Waals surface area contributed by atoms with Crippen molar-refractivity contribution in [2.75, 3.05) is 19.5 Å². The number of ether oxygens (including phenoxy) is 2. The van der Waals surface area contributed by atoms with Crippen LogP contribution in [0.5, 0.6) is 17.2 Å². The molecule has 3 rings (SSSR count). The van der Waals surface area contributed by atoms with Crippen LogP contribution in [-0.4, -0.2) is 29.3 Å². The zero-order valence-electron chi connectivity index (χ0n) is 12.5. The number of anilines is 2. The third-order valence-electron chi connectivity index (χ3n) is 3.35. The molecule has 0 fully saturated rings. The van der Waals surface area contributed by atoms with E-state index in [2.05, 4.69) is 15.3 Å². The van der Waals surface area contributed by atoms with Crippen LogP contribution in [0.1, 0.15) is 0 Å². The number of hydrogen-bond acceptors (Lipinski definition) is 6. The van der Waals surface area contributed by atoms with Gasteiger partial charge in [-0.15, -0.1) is 0 Å². The number of nitrogens with one attached hydrogen (secondary N) is 1. The SMILES string of the molecule is COc1cc2ncnc(Nc3cc(Cl)ccc3O)c2cc1OC. The highest BCUT2D eigenvalue weighted by atomic mass is 35.5. The Balaban J connectivity index is 2.12. The Bertz CT molecular complexity index is 871. The maximum atomic E-state index is 9.94. The van der Waals surface area contributed by atoms with Crippen molar-refractivity contribution in [3.63, 3.8) is 0 Å². The van der Waals surface area contributed by atoms with Crippen molar-refractivity contribution in [3.8, 4) is 17.2 Å². The van der Waals surface area contributed by atoms with E-state index in [1.165, 1.54) is 12.4 Å². The number of rotatable bonds is 4. The fourth-order valence-electron chi connectivity index (χ4n) is 2.22. The van der Waals surface area contributed by atoms with Crippen LogP contribution >= 0.6 is 11.6 Å². The van der Waals surface area contributed by atoms with Crippen LogP contribution in [0, 0.1) is 0 Å². The lowest BCUT2D eigenvalue weighted by molar-refractivity contribution is 0.356. The summed E-state index contributed by atoms with van der Waals surface area (Å²) in [7, 11) is 3.12. The molecule has 0 aliphatic heterocycles. The second kappa shape index (κ2) is 6.18. The molecule has 118 valence electrons. The molecule has 6 nitrogen and oxygen atoms in total. The van der Waals surface area contributed by atoms with Crippen molar-refractivity contribution in [1.29, 1.82) is 0 Å². The zero-order chi connectivity index (χ0) is 16.4. The smallest absolute Gasteiger partial charge is 0.162 e. The van der Waals surface area contributed by atoms with E-state index in [4.69, 9.17) is 21.1 Å². The summed E-state index contributed by atoms with van der Waals surface area (Å²) in [5, 5.41) is 14.2. The monoisotopic (exact) mass is 331 g/mol. The van der Waals surface area contributed by atoms with Crippen molar-refractivity contribution in [2.24, 2.45) is 0 Å². The Morgan fingerprint density at radius 1 is 1.04 bits per heavy atom. The molecule has 0 saturated carbocycles. The van der Waals surface area contributed by atoms with Gasteiger partial charge in [-0.05, 0) is 24.3 Å². The molecule has 1 aromatic heterocycles. The average molecular weight is 332 g/mol. The number of phenols is 1. The lowest BCUT2D eigenvalue weighted by Gasteiger charge is -2.13. The summed E-state index contributed by atoms with van der Waals surface area (Å²) in [6.45, 7) is 0. The Labute approximate surface area is 137 Å². The fraction of sp³-hybridized carbons (Fsp3) is 0.125. The van der Waals surface area contributed by atoms with Gasteiger partial charge in [0.15, 0.2) is 11.5 Å². The van der Waals surface area contributed by atoms with Gasteiger partial charge in [-0.2, -0.15) is 0 Å². The molecular weight excluding hydrogens is 318 g/mol. The van der Waals surface area contributed by atoms with Gasteiger partial charge in [0.05, 0.1) is 25.4 Å². The van der Waals surface area contributed by atoms with Crippen LogP contribution in [0.15, 0.2) is 36.7 Å².